The minimum absolute atomic E-state index is 0.0499. The normalized spacial score (nSPS) is 22.6. The number of aromatic nitrogens is 2. The van der Waals surface area contributed by atoms with Crippen molar-refractivity contribution in [3.8, 4) is 0 Å². The number of amides is 2. The summed E-state index contributed by atoms with van der Waals surface area (Å²) in [6.45, 7) is 10.7. The van der Waals surface area contributed by atoms with Crippen molar-refractivity contribution in [3.63, 3.8) is 0 Å². The zero-order valence-corrected chi connectivity index (χ0v) is 21.7. The third kappa shape index (κ3) is 6.13. The quantitative estimate of drug-likeness (QED) is 0.327. The number of piperazine rings is 1. The molecule has 1 aromatic rings. The Labute approximate surface area is 210 Å². The first-order chi connectivity index (χ1) is 16.2. The fraction of sp³-hybridized carbons (Fsp3) is 0.739. The summed E-state index contributed by atoms with van der Waals surface area (Å²) in [5, 5.41) is 0.833. The molecule has 4 heterocycles. The highest BCUT2D eigenvalue weighted by Gasteiger charge is 2.40. The van der Waals surface area contributed by atoms with Gasteiger partial charge in [0.15, 0.2) is 10.9 Å². The molecular weight excluding hydrogens is 478 g/mol. The zero-order chi connectivity index (χ0) is 24.3. The van der Waals surface area contributed by atoms with Gasteiger partial charge in [0.05, 0.1) is 19.0 Å². The summed E-state index contributed by atoms with van der Waals surface area (Å²) in [4.78, 5) is 40.2. The van der Waals surface area contributed by atoms with Gasteiger partial charge in [-0.1, -0.05) is 37.2 Å². The lowest BCUT2D eigenvalue weighted by atomic mass is 10.0. The molecule has 0 radical (unpaired) electrons. The lowest BCUT2D eigenvalue weighted by Gasteiger charge is -2.40. The summed E-state index contributed by atoms with van der Waals surface area (Å²) in [5.41, 5.74) is 0. The van der Waals surface area contributed by atoms with Crippen LogP contribution in [0.25, 0.3) is 0 Å². The molecule has 2 amide bonds. The van der Waals surface area contributed by atoms with E-state index in [-0.39, 0.29) is 23.6 Å². The van der Waals surface area contributed by atoms with E-state index < -0.39 is 5.79 Å². The molecule has 1 aromatic heterocycles. The second-order valence-corrected chi connectivity index (χ2v) is 10.9. The third-order valence-electron chi connectivity index (χ3n) is 6.53. The fourth-order valence-corrected chi connectivity index (χ4v) is 5.70. The van der Waals surface area contributed by atoms with Gasteiger partial charge in [0.25, 0.3) is 0 Å². The van der Waals surface area contributed by atoms with Crippen molar-refractivity contribution in [3.05, 3.63) is 11.2 Å². The number of ether oxygens (including phenoxy) is 2. The van der Waals surface area contributed by atoms with Gasteiger partial charge in [0.1, 0.15) is 11.0 Å². The summed E-state index contributed by atoms with van der Waals surface area (Å²) in [6.07, 6.45) is 1.96. The Balaban J connectivity index is 1.31. The maximum Gasteiger partial charge on any atom is 0.233 e. The fourth-order valence-electron chi connectivity index (χ4n) is 4.71. The number of thioether (sulfide) groups is 1. The van der Waals surface area contributed by atoms with E-state index in [1.165, 1.54) is 11.8 Å². The van der Waals surface area contributed by atoms with Crippen LogP contribution in [0.2, 0.25) is 5.15 Å². The van der Waals surface area contributed by atoms with Crippen molar-refractivity contribution in [2.75, 3.05) is 56.6 Å². The average molecular weight is 512 g/mol. The van der Waals surface area contributed by atoms with Crippen molar-refractivity contribution >= 4 is 41.0 Å². The molecule has 0 saturated carbocycles. The second-order valence-electron chi connectivity index (χ2n) is 9.59. The molecule has 3 aliphatic rings. The van der Waals surface area contributed by atoms with Crippen LogP contribution in [-0.4, -0.2) is 95.1 Å². The predicted molar refractivity (Wildman–Crippen MR) is 131 cm³/mol. The lowest BCUT2D eigenvalue weighted by molar-refractivity contribution is -0.186. The number of hydrogen-bond acceptors (Lipinski definition) is 8. The summed E-state index contributed by atoms with van der Waals surface area (Å²) >= 11 is 7.60. The molecule has 9 nitrogen and oxygen atoms in total. The van der Waals surface area contributed by atoms with Crippen LogP contribution in [0.1, 0.15) is 40.0 Å². The largest absolute Gasteiger partial charge is 0.353 e. The van der Waals surface area contributed by atoms with Gasteiger partial charge >= 0.3 is 0 Å². The molecular formula is C23H34ClN5O4S. The summed E-state index contributed by atoms with van der Waals surface area (Å²) in [6, 6.07) is 1.83. The third-order valence-corrected chi connectivity index (χ3v) is 7.56. The Kier molecular flexibility index (Phi) is 8.22. The van der Waals surface area contributed by atoms with Crippen LogP contribution in [-0.2, 0) is 19.1 Å². The van der Waals surface area contributed by atoms with Crippen LogP contribution >= 0.6 is 23.4 Å². The van der Waals surface area contributed by atoms with Crippen LogP contribution in [0, 0.1) is 5.92 Å². The number of likely N-dealkylation sites (tertiary alicyclic amines) is 1. The van der Waals surface area contributed by atoms with E-state index in [2.05, 4.69) is 35.6 Å². The van der Waals surface area contributed by atoms with Crippen LogP contribution in [0.4, 0.5) is 5.82 Å². The summed E-state index contributed by atoms with van der Waals surface area (Å²) < 4.78 is 11.5. The molecule has 0 aromatic carbocycles. The number of hydrogen-bond donors (Lipinski definition) is 0. The number of piperidine rings is 1. The molecule has 3 fully saturated rings. The van der Waals surface area contributed by atoms with Crippen molar-refractivity contribution in [1.29, 1.82) is 0 Å². The minimum Gasteiger partial charge on any atom is -0.353 e. The number of carbonyl (C=O) groups excluding carboxylic acids is 2. The van der Waals surface area contributed by atoms with Gasteiger partial charge in [-0.05, 0) is 12.8 Å². The van der Waals surface area contributed by atoms with Gasteiger partial charge in [-0.25, -0.2) is 9.97 Å². The number of anilines is 1. The first-order valence-electron chi connectivity index (χ1n) is 12.0. The highest BCUT2D eigenvalue weighted by molar-refractivity contribution is 7.99. The minimum atomic E-state index is -0.491. The monoisotopic (exact) mass is 511 g/mol. The smallest absolute Gasteiger partial charge is 0.233 e. The van der Waals surface area contributed by atoms with Gasteiger partial charge in [-0.15, -0.1) is 0 Å². The van der Waals surface area contributed by atoms with Crippen LogP contribution < -0.4 is 4.90 Å². The molecule has 11 heteroatoms. The van der Waals surface area contributed by atoms with Crippen LogP contribution in [0.5, 0.6) is 0 Å². The maximum absolute atomic E-state index is 12.8. The van der Waals surface area contributed by atoms with Gasteiger partial charge in [-0.2, -0.15) is 0 Å². The molecule has 0 aliphatic carbocycles. The predicted octanol–water partition coefficient (Wildman–Crippen LogP) is 2.67. The Morgan fingerprint density at radius 1 is 1.15 bits per heavy atom. The molecule has 0 N–H and O–H groups in total. The van der Waals surface area contributed by atoms with Gasteiger partial charge < -0.3 is 24.2 Å². The van der Waals surface area contributed by atoms with E-state index in [1.54, 1.807) is 6.07 Å². The van der Waals surface area contributed by atoms with Crippen molar-refractivity contribution < 1.29 is 19.1 Å². The van der Waals surface area contributed by atoms with Gasteiger partial charge in [-0.3, -0.25) is 9.59 Å². The van der Waals surface area contributed by atoms with Gasteiger partial charge in [0.2, 0.25) is 11.8 Å². The molecule has 1 atom stereocenters. The van der Waals surface area contributed by atoms with Crippen molar-refractivity contribution in [1.82, 2.24) is 19.8 Å². The van der Waals surface area contributed by atoms with Crippen LogP contribution in [0.3, 0.4) is 0 Å². The van der Waals surface area contributed by atoms with E-state index in [1.807, 2.05) is 9.80 Å². The molecule has 188 valence electrons. The summed E-state index contributed by atoms with van der Waals surface area (Å²) in [5.74, 6) is 1.09. The van der Waals surface area contributed by atoms with E-state index in [0.29, 0.717) is 81.4 Å². The first kappa shape index (κ1) is 25.5. The second kappa shape index (κ2) is 11.0. The Morgan fingerprint density at radius 3 is 2.50 bits per heavy atom. The first-order valence-corrected chi connectivity index (χ1v) is 13.4. The van der Waals surface area contributed by atoms with E-state index >= 15 is 0 Å². The highest BCUT2D eigenvalue weighted by atomic mass is 35.5. The standard InChI is InChI=1S/C23H34ClN5O4S/c1-16(2)12-20(30)29-9-8-28(14-17(29)3)19-13-18(24)25-22(26-19)34-15-21(31)27-6-4-23(5-7-27)32-10-11-33-23/h13,16-17H,4-12,14-15H2,1-3H3. The Bertz CT molecular complexity index is 888. The Hall–Kier alpha value is -1.62. The van der Waals surface area contributed by atoms with Crippen molar-refractivity contribution in [2.24, 2.45) is 5.92 Å². The van der Waals surface area contributed by atoms with E-state index in [9.17, 15) is 9.59 Å². The SMILES string of the molecule is CC(C)CC(=O)N1CCN(c2cc(Cl)nc(SCC(=O)N3CCC4(CC3)OCCO4)n2)CC1C. The molecule has 1 unspecified atom stereocenters. The number of rotatable bonds is 6. The highest BCUT2D eigenvalue weighted by Crippen LogP contribution is 2.32. The molecule has 34 heavy (non-hydrogen) atoms. The Morgan fingerprint density at radius 2 is 1.85 bits per heavy atom. The number of nitrogens with zero attached hydrogens (tertiary/aromatic N) is 5. The topological polar surface area (TPSA) is 88.1 Å². The van der Waals surface area contributed by atoms with E-state index in [4.69, 9.17) is 21.1 Å². The maximum atomic E-state index is 12.8. The van der Waals surface area contributed by atoms with Crippen molar-refractivity contribution in [2.45, 2.75) is 57.0 Å². The molecule has 3 aliphatic heterocycles. The molecule has 3 saturated heterocycles. The number of halogens is 1. The van der Waals surface area contributed by atoms with E-state index in [0.717, 1.165) is 5.82 Å². The lowest BCUT2D eigenvalue weighted by Crippen LogP contribution is -2.54. The van der Waals surface area contributed by atoms with Crippen LogP contribution in [0.15, 0.2) is 11.2 Å². The van der Waals surface area contributed by atoms with Gasteiger partial charge in [0, 0.05) is 64.1 Å². The molecule has 0 bridgehead atoms. The summed E-state index contributed by atoms with van der Waals surface area (Å²) in [7, 11) is 0. The number of carbonyl (C=O) groups is 2. The molecule has 1 spiro atoms. The molecule has 4 rings (SSSR count). The zero-order valence-electron chi connectivity index (χ0n) is 20.2. The average Bonchev–Trinajstić information content (AvgIpc) is 3.24.